The lowest BCUT2D eigenvalue weighted by atomic mass is 9.92. The molecule has 0 spiro atoms. The highest BCUT2D eigenvalue weighted by molar-refractivity contribution is 6.30. The minimum Gasteiger partial charge on any atom is -0.389 e. The zero-order chi connectivity index (χ0) is 21.4. The van der Waals surface area contributed by atoms with Gasteiger partial charge in [0, 0.05) is 34.7 Å². The molecule has 2 N–H and O–H groups in total. The number of hydrogen-bond acceptors (Lipinski definition) is 4. The van der Waals surface area contributed by atoms with E-state index < -0.39 is 18.1 Å². The molecule has 1 aliphatic carbocycles. The van der Waals surface area contributed by atoms with Gasteiger partial charge >= 0.3 is 0 Å². The van der Waals surface area contributed by atoms with E-state index in [2.05, 4.69) is 0 Å². The van der Waals surface area contributed by atoms with Crippen LogP contribution in [0, 0.1) is 0 Å². The molecule has 3 aromatic carbocycles. The molecule has 1 heterocycles. The van der Waals surface area contributed by atoms with Gasteiger partial charge < -0.3 is 14.9 Å². The van der Waals surface area contributed by atoms with Crippen molar-refractivity contribution in [2.45, 2.75) is 37.1 Å². The fourth-order valence-electron chi connectivity index (χ4n) is 4.65. The molecule has 1 aliphatic heterocycles. The first kappa shape index (κ1) is 20.4. The maximum atomic E-state index is 11.4. The molecule has 0 fully saturated rings. The Hall–Kier alpha value is -2.47. The Morgan fingerprint density at radius 3 is 2.32 bits per heavy atom. The molecule has 4 atom stereocenters. The van der Waals surface area contributed by atoms with E-state index >= 15 is 0 Å². The van der Waals surface area contributed by atoms with Crippen LogP contribution < -0.4 is 0 Å². The van der Waals surface area contributed by atoms with Gasteiger partial charge in [-0.25, -0.2) is 4.90 Å². The molecule has 5 heteroatoms. The lowest BCUT2D eigenvalue weighted by Crippen LogP contribution is -2.47. The number of aliphatic hydroxyl groups excluding tert-OH is 2. The number of fused-ring (bicyclic) bond motifs is 1. The number of halogens is 1. The number of ether oxygens (including phenoxy) is 1. The van der Waals surface area contributed by atoms with E-state index in [9.17, 15) is 10.2 Å². The molecule has 2 aliphatic rings. The van der Waals surface area contributed by atoms with Crippen molar-refractivity contribution in [3.05, 3.63) is 118 Å². The van der Waals surface area contributed by atoms with E-state index in [4.69, 9.17) is 16.3 Å². The SMILES string of the molecule is OC1c2ccccc2C(O[C@H]2C=C[C@@H](O)C2)(c2ccc(Cl)cc2)N1Cc1ccccc1. The Labute approximate surface area is 187 Å². The van der Waals surface area contributed by atoms with Crippen LogP contribution in [-0.2, 0) is 17.0 Å². The van der Waals surface area contributed by atoms with Crippen molar-refractivity contribution >= 4 is 11.6 Å². The molecule has 5 rings (SSSR count). The highest BCUT2D eigenvalue weighted by atomic mass is 35.5. The second kappa shape index (κ2) is 8.23. The van der Waals surface area contributed by atoms with Crippen LogP contribution in [0.2, 0.25) is 5.02 Å². The molecule has 158 valence electrons. The van der Waals surface area contributed by atoms with Crippen molar-refractivity contribution in [2.75, 3.05) is 0 Å². The van der Waals surface area contributed by atoms with Gasteiger partial charge in [-0.2, -0.15) is 0 Å². The van der Waals surface area contributed by atoms with Gasteiger partial charge in [-0.15, -0.1) is 0 Å². The highest BCUT2D eigenvalue weighted by Gasteiger charge is 2.53. The Bertz CT molecular complexity index is 1090. The van der Waals surface area contributed by atoms with Crippen LogP contribution in [0.5, 0.6) is 0 Å². The molecule has 0 amide bonds. The fourth-order valence-corrected chi connectivity index (χ4v) is 4.78. The minimum atomic E-state index is -1.03. The Morgan fingerprint density at radius 2 is 1.61 bits per heavy atom. The summed E-state index contributed by atoms with van der Waals surface area (Å²) < 4.78 is 6.81. The predicted octanol–water partition coefficient (Wildman–Crippen LogP) is 4.75. The van der Waals surface area contributed by atoms with E-state index in [0.717, 1.165) is 22.3 Å². The molecule has 3 aromatic rings. The van der Waals surface area contributed by atoms with E-state index in [0.29, 0.717) is 18.0 Å². The summed E-state index contributed by atoms with van der Waals surface area (Å²) in [4.78, 5) is 1.98. The lowest BCUT2D eigenvalue weighted by molar-refractivity contribution is -0.196. The van der Waals surface area contributed by atoms with Crippen LogP contribution in [0.15, 0.2) is 91.0 Å². The van der Waals surface area contributed by atoms with Gasteiger partial charge in [0.15, 0.2) is 5.72 Å². The summed E-state index contributed by atoms with van der Waals surface area (Å²) in [6.45, 7) is 0.484. The van der Waals surface area contributed by atoms with Crippen molar-refractivity contribution in [2.24, 2.45) is 0 Å². The second-order valence-corrected chi connectivity index (χ2v) is 8.51. The topological polar surface area (TPSA) is 52.9 Å². The van der Waals surface area contributed by atoms with E-state index in [-0.39, 0.29) is 6.10 Å². The quantitative estimate of drug-likeness (QED) is 0.570. The molecular weight excluding hydrogens is 410 g/mol. The van der Waals surface area contributed by atoms with Gasteiger partial charge in [0.1, 0.15) is 6.23 Å². The van der Waals surface area contributed by atoms with Crippen molar-refractivity contribution < 1.29 is 14.9 Å². The summed E-state index contributed by atoms with van der Waals surface area (Å²) in [5.41, 5.74) is 2.63. The highest BCUT2D eigenvalue weighted by Crippen LogP contribution is 2.51. The number of benzene rings is 3. The van der Waals surface area contributed by atoms with Gasteiger partial charge in [0.25, 0.3) is 0 Å². The third kappa shape index (κ3) is 3.61. The van der Waals surface area contributed by atoms with Crippen molar-refractivity contribution in [3.8, 4) is 0 Å². The summed E-state index contributed by atoms with van der Waals surface area (Å²) in [5.74, 6) is 0. The summed E-state index contributed by atoms with van der Waals surface area (Å²) in [6, 6.07) is 25.5. The van der Waals surface area contributed by atoms with Gasteiger partial charge in [-0.3, -0.25) is 0 Å². The standard InChI is InChI=1S/C26H24ClNO3/c27-20-12-10-19(11-13-20)26(31-22-15-14-21(29)16-22)24-9-5-4-8-23(24)25(30)28(26)17-18-6-2-1-3-7-18/h1-15,21-22,25,29-30H,16-17H2/t21-,22+,25?,26?/m1/s1. The van der Waals surface area contributed by atoms with Crippen LogP contribution >= 0.6 is 11.6 Å². The largest absolute Gasteiger partial charge is 0.389 e. The maximum absolute atomic E-state index is 11.4. The number of hydrogen-bond donors (Lipinski definition) is 2. The smallest absolute Gasteiger partial charge is 0.177 e. The average molecular weight is 434 g/mol. The number of aliphatic hydroxyl groups is 2. The molecule has 4 nitrogen and oxygen atoms in total. The first-order chi connectivity index (χ1) is 15.1. The van der Waals surface area contributed by atoms with Crippen LogP contribution in [0.3, 0.4) is 0 Å². The molecule has 0 saturated heterocycles. The third-order valence-corrected chi connectivity index (χ3v) is 6.33. The molecule has 0 bridgehead atoms. The Morgan fingerprint density at radius 1 is 0.903 bits per heavy atom. The second-order valence-electron chi connectivity index (χ2n) is 8.07. The van der Waals surface area contributed by atoms with Gasteiger partial charge in [-0.05, 0) is 17.7 Å². The first-order valence-electron chi connectivity index (χ1n) is 10.5. The molecule has 0 radical (unpaired) electrons. The normalized spacial score (nSPS) is 27.5. The Kier molecular flexibility index (Phi) is 5.42. The average Bonchev–Trinajstić information content (AvgIpc) is 3.30. The van der Waals surface area contributed by atoms with E-state index in [1.54, 1.807) is 6.08 Å². The van der Waals surface area contributed by atoms with E-state index in [1.807, 2.05) is 89.8 Å². The van der Waals surface area contributed by atoms with Crippen LogP contribution in [0.4, 0.5) is 0 Å². The van der Waals surface area contributed by atoms with Crippen molar-refractivity contribution in [1.82, 2.24) is 4.90 Å². The predicted molar refractivity (Wildman–Crippen MR) is 120 cm³/mol. The number of nitrogens with zero attached hydrogens (tertiary/aromatic N) is 1. The fraction of sp³-hybridized carbons (Fsp3) is 0.231. The third-order valence-electron chi connectivity index (χ3n) is 6.08. The van der Waals surface area contributed by atoms with Crippen molar-refractivity contribution in [1.29, 1.82) is 0 Å². The number of rotatable bonds is 5. The first-order valence-corrected chi connectivity index (χ1v) is 10.8. The molecule has 2 unspecified atom stereocenters. The minimum absolute atomic E-state index is 0.290. The lowest BCUT2D eigenvalue weighted by Gasteiger charge is -2.42. The molecule has 0 saturated carbocycles. The summed E-state index contributed by atoms with van der Waals surface area (Å²) >= 11 is 6.20. The monoisotopic (exact) mass is 433 g/mol. The van der Waals surface area contributed by atoms with Gasteiger partial charge in [-0.1, -0.05) is 90.5 Å². The van der Waals surface area contributed by atoms with Crippen LogP contribution in [0.1, 0.15) is 34.9 Å². The summed E-state index contributed by atoms with van der Waals surface area (Å²) in [5, 5.41) is 22.1. The zero-order valence-corrected chi connectivity index (χ0v) is 17.7. The maximum Gasteiger partial charge on any atom is 0.177 e. The van der Waals surface area contributed by atoms with Crippen LogP contribution in [-0.4, -0.2) is 27.3 Å². The van der Waals surface area contributed by atoms with Gasteiger partial charge in [0.2, 0.25) is 0 Å². The summed E-state index contributed by atoms with van der Waals surface area (Å²) in [7, 11) is 0. The molecule has 31 heavy (non-hydrogen) atoms. The summed E-state index contributed by atoms with van der Waals surface area (Å²) in [6.07, 6.45) is 2.48. The van der Waals surface area contributed by atoms with Gasteiger partial charge in [0.05, 0.1) is 12.2 Å². The van der Waals surface area contributed by atoms with E-state index in [1.165, 1.54) is 0 Å². The van der Waals surface area contributed by atoms with Crippen molar-refractivity contribution in [3.63, 3.8) is 0 Å². The molecular formula is C26H24ClNO3. The Balaban J connectivity index is 1.69. The van der Waals surface area contributed by atoms with Crippen LogP contribution in [0.25, 0.3) is 0 Å². The molecule has 0 aromatic heterocycles. The zero-order valence-electron chi connectivity index (χ0n) is 16.9.